The van der Waals surface area contributed by atoms with Crippen LogP contribution >= 0.6 is 0 Å². The Kier molecular flexibility index (Phi) is 8.41. The monoisotopic (exact) mass is 165 g/mol. The summed E-state index contributed by atoms with van der Waals surface area (Å²) in [6.45, 7) is 3.94. The third kappa shape index (κ3) is 4.70. The average molecular weight is 165 g/mol. The molecule has 0 heterocycles. The maximum absolute atomic E-state index is 9.86. The van der Waals surface area contributed by atoms with Gasteiger partial charge in [-0.05, 0) is 0 Å². The van der Waals surface area contributed by atoms with Crippen molar-refractivity contribution in [2.24, 2.45) is 11.7 Å². The van der Waals surface area contributed by atoms with Gasteiger partial charge in [0.1, 0.15) is 0 Å². The summed E-state index contributed by atoms with van der Waals surface area (Å²) in [6, 6.07) is -0.389. The number of carbonyl (C=O) groups excluding carboxylic acids is 1. The Morgan fingerprint density at radius 1 is 1.67 bits per heavy atom. The van der Waals surface area contributed by atoms with Crippen LogP contribution in [0.25, 0.3) is 0 Å². The second-order valence-electron chi connectivity index (χ2n) is 2.03. The van der Waals surface area contributed by atoms with E-state index in [1.165, 1.54) is 0 Å². The van der Waals surface area contributed by atoms with Crippen LogP contribution in [-0.2, 0) is 23.4 Å². The minimum absolute atomic E-state index is 0. The van der Waals surface area contributed by atoms with Crippen LogP contribution in [0.4, 0.5) is 0 Å². The van der Waals surface area contributed by atoms with Crippen LogP contribution in [0.5, 0.6) is 0 Å². The van der Waals surface area contributed by atoms with Gasteiger partial charge in [-0.1, -0.05) is 32.2 Å². The minimum Gasteiger partial charge on any atom is -0.540 e. The van der Waals surface area contributed by atoms with Gasteiger partial charge >= 0.3 is 0 Å². The topological polar surface area (TPSA) is 43.1 Å². The molecule has 0 saturated carbocycles. The van der Waals surface area contributed by atoms with E-state index in [2.05, 4.69) is 0 Å². The molecule has 2 nitrogen and oxygen atoms in total. The molecule has 0 aromatic rings. The van der Waals surface area contributed by atoms with E-state index >= 15 is 0 Å². The van der Waals surface area contributed by atoms with E-state index in [4.69, 9.17) is 5.73 Å². The summed E-state index contributed by atoms with van der Waals surface area (Å²) in [6.07, 6.45) is 2.68. The number of rotatable bonds is 3. The van der Waals surface area contributed by atoms with Crippen molar-refractivity contribution in [1.29, 1.82) is 0 Å². The number of nitrogens with two attached hydrogens (primary N) is 1. The van der Waals surface area contributed by atoms with Crippen molar-refractivity contribution in [2.75, 3.05) is 0 Å². The van der Waals surface area contributed by atoms with Crippen molar-refractivity contribution in [3.05, 3.63) is 0 Å². The van der Waals surface area contributed by atoms with Crippen LogP contribution in [-0.4, -0.2) is 12.3 Å². The zero-order valence-corrected chi connectivity index (χ0v) is 7.19. The Labute approximate surface area is 68.1 Å². The van der Waals surface area contributed by atoms with Gasteiger partial charge in [0.2, 0.25) is 0 Å². The standard InChI is InChI=1S/C6H12NO.V/c1-3-5(2)6(7)4-8;/h5-6H,3,7H2,1-2H3;/q-1;/t5-,6?;/m0./s1. The van der Waals surface area contributed by atoms with Crippen molar-refractivity contribution >= 4 is 6.29 Å². The van der Waals surface area contributed by atoms with Crippen molar-refractivity contribution < 1.29 is 23.4 Å². The predicted molar refractivity (Wildman–Crippen MR) is 33.1 cm³/mol. The molecule has 0 spiro atoms. The van der Waals surface area contributed by atoms with Gasteiger partial charge in [-0.25, -0.2) is 6.29 Å². The van der Waals surface area contributed by atoms with Crippen molar-refractivity contribution in [2.45, 2.75) is 26.3 Å². The second kappa shape index (κ2) is 6.34. The Morgan fingerprint density at radius 2 is 2.11 bits per heavy atom. The van der Waals surface area contributed by atoms with Gasteiger partial charge in [0.25, 0.3) is 0 Å². The Bertz CT molecular complexity index is 77.5. The zero-order valence-electron chi connectivity index (χ0n) is 5.79. The molecule has 9 heavy (non-hydrogen) atoms. The van der Waals surface area contributed by atoms with Crippen molar-refractivity contribution in [3.8, 4) is 0 Å². The van der Waals surface area contributed by atoms with E-state index in [0.717, 1.165) is 6.42 Å². The van der Waals surface area contributed by atoms with E-state index in [9.17, 15) is 4.79 Å². The molecule has 0 aliphatic rings. The van der Waals surface area contributed by atoms with E-state index in [0.29, 0.717) is 0 Å². The van der Waals surface area contributed by atoms with Crippen LogP contribution < -0.4 is 5.73 Å². The fourth-order valence-electron chi connectivity index (χ4n) is 0.370. The summed E-state index contributed by atoms with van der Waals surface area (Å²) in [5, 5.41) is 0. The molecule has 2 N–H and O–H groups in total. The summed E-state index contributed by atoms with van der Waals surface area (Å²) in [5.41, 5.74) is 5.30. The normalized spacial score (nSPS) is 15.4. The largest absolute Gasteiger partial charge is 0.540 e. The molecule has 53 valence electrons. The van der Waals surface area contributed by atoms with Gasteiger partial charge in [-0.15, -0.1) is 0 Å². The zero-order chi connectivity index (χ0) is 6.57. The van der Waals surface area contributed by atoms with Crippen molar-refractivity contribution in [1.82, 2.24) is 0 Å². The van der Waals surface area contributed by atoms with Gasteiger partial charge in [0, 0.05) is 18.6 Å². The maximum Gasteiger partial charge on any atom is 0 e. The van der Waals surface area contributed by atoms with Gasteiger partial charge in [-0.2, -0.15) is 0 Å². The first-order valence-corrected chi connectivity index (χ1v) is 2.85. The summed E-state index contributed by atoms with van der Waals surface area (Å²) in [4.78, 5) is 9.86. The van der Waals surface area contributed by atoms with Crippen LogP contribution in [0.3, 0.4) is 0 Å². The number of hydrogen-bond acceptors (Lipinski definition) is 2. The maximum atomic E-state index is 9.86. The van der Waals surface area contributed by atoms with E-state index in [1.54, 1.807) is 6.29 Å². The molecule has 0 rings (SSSR count). The van der Waals surface area contributed by atoms with Crippen molar-refractivity contribution in [3.63, 3.8) is 0 Å². The fourth-order valence-corrected chi connectivity index (χ4v) is 0.370. The third-order valence-electron chi connectivity index (χ3n) is 1.39. The molecule has 1 radical (unpaired) electrons. The first-order chi connectivity index (χ1) is 3.72. The molecule has 0 aromatic heterocycles. The summed E-state index contributed by atoms with van der Waals surface area (Å²) < 4.78 is 0. The Hall–Kier alpha value is 0.214. The molecule has 0 saturated heterocycles. The van der Waals surface area contributed by atoms with Crippen LogP contribution in [0.2, 0.25) is 0 Å². The van der Waals surface area contributed by atoms with Gasteiger partial charge in [0.05, 0.1) is 0 Å². The molecular weight excluding hydrogens is 153 g/mol. The van der Waals surface area contributed by atoms with Gasteiger partial charge < -0.3 is 10.5 Å². The quantitative estimate of drug-likeness (QED) is 0.617. The Balaban J connectivity index is 0. The molecule has 0 aromatic carbocycles. The minimum atomic E-state index is -0.389. The summed E-state index contributed by atoms with van der Waals surface area (Å²) >= 11 is 0. The molecule has 0 fully saturated rings. The predicted octanol–water partition coefficient (Wildman–Crippen LogP) is 0.467. The van der Waals surface area contributed by atoms with Crippen LogP contribution in [0.15, 0.2) is 0 Å². The molecule has 0 aliphatic heterocycles. The second-order valence-corrected chi connectivity index (χ2v) is 2.03. The van der Waals surface area contributed by atoms with E-state index in [-0.39, 0.29) is 30.5 Å². The molecular formula is C6H12NOV-. The fraction of sp³-hybridized carbons (Fsp3) is 0.833. The first kappa shape index (κ1) is 11.9. The molecule has 0 aliphatic carbocycles. The number of hydrogen-bond donors (Lipinski definition) is 1. The molecule has 0 amide bonds. The van der Waals surface area contributed by atoms with E-state index < -0.39 is 0 Å². The first-order valence-electron chi connectivity index (χ1n) is 2.85. The third-order valence-corrected chi connectivity index (χ3v) is 1.39. The van der Waals surface area contributed by atoms with Gasteiger partial charge in [0.15, 0.2) is 0 Å². The average Bonchev–Trinajstić information content (AvgIpc) is 1.84. The summed E-state index contributed by atoms with van der Waals surface area (Å²) in [7, 11) is 0. The SMILES string of the molecule is CC[C@H](C)C(N)[C-]=O.[V]. The van der Waals surface area contributed by atoms with Crippen LogP contribution in [0.1, 0.15) is 20.3 Å². The van der Waals surface area contributed by atoms with Gasteiger partial charge in [-0.3, -0.25) is 0 Å². The molecule has 3 heteroatoms. The van der Waals surface area contributed by atoms with Crippen LogP contribution in [0, 0.1) is 5.92 Å². The molecule has 1 unspecified atom stereocenters. The molecule has 0 bridgehead atoms. The van der Waals surface area contributed by atoms with E-state index in [1.807, 2.05) is 13.8 Å². The summed E-state index contributed by atoms with van der Waals surface area (Å²) in [5.74, 6) is 0.271. The molecule has 2 atom stereocenters. The Morgan fingerprint density at radius 3 is 2.22 bits per heavy atom. The smallest absolute Gasteiger partial charge is 0 e.